The standard InChI is InChI=1S/C19H23N5O2/c1-19(2,3)13-10-12(8-9-17(25)21-20)18(26)16(11-13)24-22-14-6-4-5-7-15(14)23-24/h4-7,10-11,26H,8-9,20H2,1-3H3,(H,21,25). The summed E-state index contributed by atoms with van der Waals surface area (Å²) in [6, 6.07) is 11.3. The number of hydrogen-bond donors (Lipinski definition) is 3. The zero-order chi connectivity index (χ0) is 18.9. The lowest BCUT2D eigenvalue weighted by Gasteiger charge is -2.22. The molecule has 7 heteroatoms. The Morgan fingerprint density at radius 3 is 2.35 bits per heavy atom. The first-order chi connectivity index (χ1) is 12.3. The van der Waals surface area contributed by atoms with E-state index in [9.17, 15) is 9.90 Å². The third-order valence-corrected chi connectivity index (χ3v) is 4.32. The summed E-state index contributed by atoms with van der Waals surface area (Å²) in [6.45, 7) is 6.27. The van der Waals surface area contributed by atoms with Gasteiger partial charge in [0, 0.05) is 6.42 Å². The minimum atomic E-state index is -0.282. The molecule has 0 aliphatic rings. The normalized spacial score (nSPS) is 11.7. The molecular formula is C19H23N5O2. The molecule has 0 aliphatic carbocycles. The number of hydrogen-bond acceptors (Lipinski definition) is 5. The van der Waals surface area contributed by atoms with Gasteiger partial charge in [0.25, 0.3) is 0 Å². The molecule has 4 N–H and O–H groups in total. The van der Waals surface area contributed by atoms with E-state index in [0.29, 0.717) is 17.7 Å². The Balaban J connectivity index is 2.12. The van der Waals surface area contributed by atoms with Crippen molar-refractivity contribution in [3.63, 3.8) is 0 Å². The van der Waals surface area contributed by atoms with E-state index in [0.717, 1.165) is 16.6 Å². The summed E-state index contributed by atoms with van der Waals surface area (Å²) >= 11 is 0. The van der Waals surface area contributed by atoms with Crippen LogP contribution in [-0.2, 0) is 16.6 Å². The number of carbonyl (C=O) groups excluding carboxylic acids is 1. The van der Waals surface area contributed by atoms with E-state index in [2.05, 4.69) is 36.4 Å². The van der Waals surface area contributed by atoms with Gasteiger partial charge < -0.3 is 5.11 Å². The number of nitrogens with one attached hydrogen (secondary N) is 1. The lowest BCUT2D eigenvalue weighted by Crippen LogP contribution is -2.30. The molecule has 0 aliphatic heterocycles. The predicted octanol–water partition coefficient (Wildman–Crippen LogP) is 2.35. The molecule has 0 spiro atoms. The highest BCUT2D eigenvalue weighted by atomic mass is 16.3. The fourth-order valence-corrected chi connectivity index (χ4v) is 2.74. The average Bonchev–Trinajstić information content (AvgIpc) is 3.03. The third kappa shape index (κ3) is 3.52. The van der Waals surface area contributed by atoms with Crippen molar-refractivity contribution in [2.75, 3.05) is 0 Å². The summed E-state index contributed by atoms with van der Waals surface area (Å²) < 4.78 is 0. The van der Waals surface area contributed by atoms with E-state index in [1.807, 2.05) is 36.4 Å². The van der Waals surface area contributed by atoms with Gasteiger partial charge in [0.2, 0.25) is 5.91 Å². The van der Waals surface area contributed by atoms with E-state index < -0.39 is 0 Å². The fourth-order valence-electron chi connectivity index (χ4n) is 2.74. The largest absolute Gasteiger partial charge is 0.505 e. The molecule has 0 saturated heterocycles. The zero-order valence-corrected chi connectivity index (χ0v) is 15.2. The van der Waals surface area contributed by atoms with Crippen molar-refractivity contribution in [1.29, 1.82) is 0 Å². The van der Waals surface area contributed by atoms with Crippen molar-refractivity contribution in [3.8, 4) is 11.4 Å². The Morgan fingerprint density at radius 2 is 1.81 bits per heavy atom. The molecule has 7 nitrogen and oxygen atoms in total. The molecule has 1 aromatic heterocycles. The molecule has 136 valence electrons. The molecule has 0 radical (unpaired) electrons. The third-order valence-electron chi connectivity index (χ3n) is 4.32. The van der Waals surface area contributed by atoms with Crippen LogP contribution in [0.5, 0.6) is 5.75 Å². The number of nitrogens with two attached hydrogens (primary N) is 1. The highest BCUT2D eigenvalue weighted by Crippen LogP contribution is 2.33. The minimum Gasteiger partial charge on any atom is -0.505 e. The SMILES string of the molecule is CC(C)(C)c1cc(CCC(=O)NN)c(O)c(-n2nc3ccccc3n2)c1. The summed E-state index contributed by atoms with van der Waals surface area (Å²) in [6.07, 6.45) is 0.554. The minimum absolute atomic E-state index is 0.0723. The lowest BCUT2D eigenvalue weighted by molar-refractivity contribution is -0.121. The molecule has 1 amide bonds. The number of carbonyl (C=O) groups is 1. The lowest BCUT2D eigenvalue weighted by atomic mass is 9.85. The van der Waals surface area contributed by atoms with E-state index in [4.69, 9.17) is 5.84 Å². The van der Waals surface area contributed by atoms with Crippen LogP contribution in [0.1, 0.15) is 38.3 Å². The van der Waals surface area contributed by atoms with Crippen LogP contribution in [0.3, 0.4) is 0 Å². The van der Waals surface area contributed by atoms with Gasteiger partial charge in [0.15, 0.2) is 0 Å². The molecule has 0 bridgehead atoms. The summed E-state index contributed by atoms with van der Waals surface area (Å²) in [5.74, 6) is 4.94. The summed E-state index contributed by atoms with van der Waals surface area (Å²) in [5.41, 5.74) is 5.65. The molecule has 3 rings (SSSR count). The van der Waals surface area contributed by atoms with Crippen LogP contribution >= 0.6 is 0 Å². The number of nitrogens with zero attached hydrogens (tertiary/aromatic N) is 3. The molecule has 3 aromatic rings. The Bertz CT molecular complexity index is 923. The van der Waals surface area contributed by atoms with E-state index >= 15 is 0 Å². The molecule has 2 aromatic carbocycles. The van der Waals surface area contributed by atoms with E-state index in [1.54, 1.807) is 0 Å². The number of aryl methyl sites for hydroxylation is 1. The van der Waals surface area contributed by atoms with Crippen LogP contribution in [-0.4, -0.2) is 26.0 Å². The first-order valence-corrected chi connectivity index (χ1v) is 8.48. The number of phenols is 1. The van der Waals surface area contributed by atoms with Gasteiger partial charge in [-0.05, 0) is 41.2 Å². The molecule has 1 heterocycles. The van der Waals surface area contributed by atoms with Gasteiger partial charge >= 0.3 is 0 Å². The number of hydrazine groups is 1. The molecular weight excluding hydrogens is 330 g/mol. The van der Waals surface area contributed by atoms with E-state index in [-0.39, 0.29) is 23.5 Å². The second kappa shape index (κ2) is 6.76. The van der Waals surface area contributed by atoms with Gasteiger partial charge in [-0.3, -0.25) is 10.2 Å². The van der Waals surface area contributed by atoms with Gasteiger partial charge in [-0.15, -0.1) is 15.0 Å². The van der Waals surface area contributed by atoms with Gasteiger partial charge in [-0.25, -0.2) is 5.84 Å². The van der Waals surface area contributed by atoms with Crippen LogP contribution in [0.25, 0.3) is 16.7 Å². The Kier molecular flexibility index (Phi) is 4.65. The first kappa shape index (κ1) is 17.9. The number of rotatable bonds is 4. The van der Waals surface area contributed by atoms with Crippen LogP contribution in [0.4, 0.5) is 0 Å². The molecule has 0 fully saturated rings. The Morgan fingerprint density at radius 1 is 1.19 bits per heavy atom. The maximum atomic E-state index is 11.5. The van der Waals surface area contributed by atoms with Crippen LogP contribution in [0.2, 0.25) is 0 Å². The number of aromatic nitrogens is 3. The van der Waals surface area contributed by atoms with Crippen LogP contribution in [0.15, 0.2) is 36.4 Å². The highest BCUT2D eigenvalue weighted by molar-refractivity contribution is 5.76. The Labute approximate surface area is 151 Å². The number of fused-ring (bicyclic) bond motifs is 1. The maximum Gasteiger partial charge on any atom is 0.234 e. The smallest absolute Gasteiger partial charge is 0.234 e. The monoisotopic (exact) mass is 353 g/mol. The molecule has 26 heavy (non-hydrogen) atoms. The second-order valence-electron chi connectivity index (χ2n) is 7.30. The van der Waals surface area contributed by atoms with Crippen molar-refractivity contribution >= 4 is 16.9 Å². The second-order valence-corrected chi connectivity index (χ2v) is 7.30. The Hall–Kier alpha value is -2.93. The highest BCUT2D eigenvalue weighted by Gasteiger charge is 2.21. The number of phenolic OH excluding ortho intramolecular Hbond substituents is 1. The van der Waals surface area contributed by atoms with Gasteiger partial charge in [0.05, 0.1) is 0 Å². The zero-order valence-electron chi connectivity index (χ0n) is 15.2. The summed E-state index contributed by atoms with van der Waals surface area (Å²) in [5, 5.41) is 19.7. The number of amides is 1. The van der Waals surface area contributed by atoms with Crippen LogP contribution in [0, 0.1) is 0 Å². The van der Waals surface area contributed by atoms with Crippen molar-refractivity contribution in [2.45, 2.75) is 39.0 Å². The van der Waals surface area contributed by atoms with Crippen molar-refractivity contribution in [3.05, 3.63) is 47.5 Å². The topological polar surface area (TPSA) is 106 Å². The van der Waals surface area contributed by atoms with Crippen molar-refractivity contribution in [1.82, 2.24) is 20.4 Å². The quantitative estimate of drug-likeness (QED) is 0.379. The fraction of sp³-hybridized carbons (Fsp3) is 0.316. The first-order valence-electron chi connectivity index (χ1n) is 8.48. The molecule has 0 saturated carbocycles. The van der Waals surface area contributed by atoms with Crippen LogP contribution < -0.4 is 11.3 Å². The van der Waals surface area contributed by atoms with Crippen molar-refractivity contribution < 1.29 is 9.90 Å². The molecule has 0 unspecified atom stereocenters. The van der Waals surface area contributed by atoms with Crippen molar-refractivity contribution in [2.24, 2.45) is 5.84 Å². The van der Waals surface area contributed by atoms with E-state index in [1.165, 1.54) is 4.80 Å². The number of benzene rings is 2. The van der Waals surface area contributed by atoms with Gasteiger partial charge in [0.1, 0.15) is 22.5 Å². The summed E-state index contributed by atoms with van der Waals surface area (Å²) in [7, 11) is 0. The van der Waals surface area contributed by atoms with Gasteiger partial charge in [-0.1, -0.05) is 39.0 Å². The predicted molar refractivity (Wildman–Crippen MR) is 99.9 cm³/mol. The molecule has 0 atom stereocenters. The maximum absolute atomic E-state index is 11.5. The van der Waals surface area contributed by atoms with Gasteiger partial charge in [-0.2, -0.15) is 0 Å². The number of aromatic hydroxyl groups is 1. The average molecular weight is 353 g/mol. The summed E-state index contributed by atoms with van der Waals surface area (Å²) in [4.78, 5) is 12.9.